The van der Waals surface area contributed by atoms with Crippen LogP contribution in [0.2, 0.25) is 0 Å². The van der Waals surface area contributed by atoms with E-state index in [2.05, 4.69) is 0 Å². The van der Waals surface area contributed by atoms with Crippen molar-refractivity contribution in [3.63, 3.8) is 0 Å². The van der Waals surface area contributed by atoms with Crippen molar-refractivity contribution >= 4 is 29.1 Å². The Morgan fingerprint density at radius 1 is 1.03 bits per heavy atom. The number of ketones is 1. The molecule has 1 saturated heterocycles. The van der Waals surface area contributed by atoms with Crippen molar-refractivity contribution in [3.8, 4) is 17.2 Å². The predicted octanol–water partition coefficient (Wildman–Crippen LogP) is 4.57. The first-order chi connectivity index (χ1) is 17.8. The molecule has 8 heteroatoms. The molecule has 1 N–H and O–H groups in total. The lowest BCUT2D eigenvalue weighted by Crippen LogP contribution is -2.29. The standard InChI is InChI=1S/C29H25NO7/c1-16-13-20-14-19(7-12-24(20)36-16)27(32)25-26(18-5-4-6-23(15-18)37-17(2)31)30(29(34)28(25)33)21-8-10-22(35-3)11-9-21/h4-12,14-16,26,32H,13H2,1-3H3/b27-25-. The molecule has 2 heterocycles. The number of nitrogens with zero attached hydrogens (tertiary/aromatic N) is 1. The number of carbonyl (C=O) groups is 3. The zero-order valence-corrected chi connectivity index (χ0v) is 20.6. The second-order valence-corrected chi connectivity index (χ2v) is 8.99. The van der Waals surface area contributed by atoms with E-state index in [4.69, 9.17) is 14.2 Å². The largest absolute Gasteiger partial charge is 0.507 e. The Kier molecular flexibility index (Phi) is 6.17. The van der Waals surface area contributed by atoms with E-state index in [1.807, 2.05) is 6.92 Å². The fourth-order valence-electron chi connectivity index (χ4n) is 4.80. The summed E-state index contributed by atoms with van der Waals surface area (Å²) in [6.07, 6.45) is 0.682. The Balaban J connectivity index is 1.67. The molecule has 8 nitrogen and oxygen atoms in total. The van der Waals surface area contributed by atoms with Gasteiger partial charge in [-0.2, -0.15) is 0 Å². The van der Waals surface area contributed by atoms with E-state index in [-0.39, 0.29) is 23.2 Å². The summed E-state index contributed by atoms with van der Waals surface area (Å²) in [5.74, 6) is -0.824. The van der Waals surface area contributed by atoms with Crippen molar-refractivity contribution in [3.05, 3.63) is 89.0 Å². The highest BCUT2D eigenvalue weighted by Crippen LogP contribution is 2.43. The molecule has 0 radical (unpaired) electrons. The lowest BCUT2D eigenvalue weighted by atomic mass is 9.94. The molecule has 3 aromatic carbocycles. The number of esters is 1. The van der Waals surface area contributed by atoms with Gasteiger partial charge in [-0.05, 0) is 72.6 Å². The Bertz CT molecular complexity index is 1440. The highest BCUT2D eigenvalue weighted by atomic mass is 16.5. The fraction of sp³-hybridized carbons (Fsp3) is 0.207. The molecule has 0 aromatic heterocycles. The molecular weight excluding hydrogens is 474 g/mol. The maximum absolute atomic E-state index is 13.4. The van der Waals surface area contributed by atoms with Crippen LogP contribution in [0.4, 0.5) is 5.69 Å². The van der Waals surface area contributed by atoms with Crippen LogP contribution in [0.25, 0.3) is 5.76 Å². The lowest BCUT2D eigenvalue weighted by Gasteiger charge is -2.26. The van der Waals surface area contributed by atoms with Crippen molar-refractivity contribution in [1.29, 1.82) is 0 Å². The molecule has 2 unspecified atom stereocenters. The molecule has 5 rings (SSSR count). The van der Waals surface area contributed by atoms with E-state index in [0.717, 1.165) is 11.3 Å². The number of fused-ring (bicyclic) bond motifs is 1. The molecule has 0 spiro atoms. The summed E-state index contributed by atoms with van der Waals surface area (Å²) in [4.78, 5) is 39.7. The minimum absolute atomic E-state index is 0.0112. The van der Waals surface area contributed by atoms with Crippen LogP contribution >= 0.6 is 0 Å². The quantitative estimate of drug-likeness (QED) is 0.180. The first-order valence-corrected chi connectivity index (χ1v) is 11.8. The number of carbonyl (C=O) groups excluding carboxylic acids is 3. The number of aliphatic hydroxyl groups excluding tert-OH is 1. The van der Waals surface area contributed by atoms with Crippen LogP contribution in [0.15, 0.2) is 72.3 Å². The highest BCUT2D eigenvalue weighted by Gasteiger charge is 2.47. The number of methoxy groups -OCH3 is 1. The van der Waals surface area contributed by atoms with Gasteiger partial charge in [0.25, 0.3) is 11.7 Å². The van der Waals surface area contributed by atoms with Gasteiger partial charge in [0.15, 0.2) is 0 Å². The molecule has 1 amide bonds. The van der Waals surface area contributed by atoms with Gasteiger partial charge in [0.1, 0.15) is 29.1 Å². The lowest BCUT2D eigenvalue weighted by molar-refractivity contribution is -0.132. The highest BCUT2D eigenvalue weighted by molar-refractivity contribution is 6.51. The average molecular weight is 500 g/mol. The van der Waals surface area contributed by atoms with Crippen LogP contribution < -0.4 is 19.1 Å². The molecule has 188 valence electrons. The van der Waals surface area contributed by atoms with Crippen LogP contribution in [0, 0.1) is 0 Å². The van der Waals surface area contributed by atoms with E-state index >= 15 is 0 Å². The van der Waals surface area contributed by atoms with Gasteiger partial charge in [-0.1, -0.05) is 12.1 Å². The number of anilines is 1. The normalized spacial score (nSPS) is 19.9. The number of aliphatic hydroxyl groups is 1. The number of hydrogen-bond donors (Lipinski definition) is 1. The van der Waals surface area contributed by atoms with E-state index in [1.165, 1.54) is 18.9 Å². The van der Waals surface area contributed by atoms with E-state index in [9.17, 15) is 19.5 Å². The second kappa shape index (κ2) is 9.46. The van der Waals surface area contributed by atoms with Crippen molar-refractivity contribution in [2.45, 2.75) is 32.4 Å². The van der Waals surface area contributed by atoms with Crippen LogP contribution in [0.3, 0.4) is 0 Å². The number of Topliss-reactive ketones (excluding diaryl/α,β-unsaturated/α-hetero) is 1. The maximum Gasteiger partial charge on any atom is 0.308 e. The smallest absolute Gasteiger partial charge is 0.308 e. The van der Waals surface area contributed by atoms with E-state index < -0.39 is 23.7 Å². The molecule has 0 aliphatic carbocycles. The van der Waals surface area contributed by atoms with Crippen LogP contribution in [-0.4, -0.2) is 36.0 Å². The maximum atomic E-state index is 13.4. The summed E-state index contributed by atoms with van der Waals surface area (Å²) in [6.45, 7) is 3.24. The number of amides is 1. The summed E-state index contributed by atoms with van der Waals surface area (Å²) in [5, 5.41) is 11.4. The SMILES string of the molecule is COc1ccc(N2C(=O)C(=O)/C(=C(\O)c3ccc4c(c3)CC(C)O4)C2c2cccc(OC(C)=O)c2)cc1. The minimum Gasteiger partial charge on any atom is -0.507 e. The van der Waals surface area contributed by atoms with Gasteiger partial charge >= 0.3 is 5.97 Å². The third-order valence-electron chi connectivity index (χ3n) is 6.40. The fourth-order valence-corrected chi connectivity index (χ4v) is 4.80. The van der Waals surface area contributed by atoms with E-state index in [1.54, 1.807) is 66.7 Å². The molecule has 2 aliphatic heterocycles. The molecule has 0 bridgehead atoms. The Labute approximate surface area is 213 Å². The number of rotatable bonds is 5. The van der Waals surface area contributed by atoms with Gasteiger partial charge in [-0.3, -0.25) is 19.3 Å². The Morgan fingerprint density at radius 2 is 1.78 bits per heavy atom. The third-order valence-corrected chi connectivity index (χ3v) is 6.40. The Hall–Kier alpha value is -4.59. The van der Waals surface area contributed by atoms with Crippen LogP contribution in [0.5, 0.6) is 17.2 Å². The molecular formula is C29H25NO7. The Morgan fingerprint density at radius 3 is 2.49 bits per heavy atom. The molecule has 2 aliphatic rings. The first-order valence-electron chi connectivity index (χ1n) is 11.8. The third kappa shape index (κ3) is 4.42. The van der Waals surface area contributed by atoms with Gasteiger partial charge < -0.3 is 19.3 Å². The topological polar surface area (TPSA) is 102 Å². The first kappa shape index (κ1) is 24.1. The summed E-state index contributed by atoms with van der Waals surface area (Å²) in [6, 6.07) is 17.5. The molecule has 0 saturated carbocycles. The van der Waals surface area contributed by atoms with Gasteiger partial charge in [-0.25, -0.2) is 0 Å². The predicted molar refractivity (Wildman–Crippen MR) is 136 cm³/mol. The summed E-state index contributed by atoms with van der Waals surface area (Å²) < 4.78 is 16.2. The van der Waals surface area contributed by atoms with Gasteiger partial charge in [0, 0.05) is 24.6 Å². The average Bonchev–Trinajstić information content (AvgIpc) is 3.38. The molecule has 2 atom stereocenters. The van der Waals surface area contributed by atoms with Crippen molar-refractivity contribution in [2.75, 3.05) is 12.0 Å². The van der Waals surface area contributed by atoms with Crippen molar-refractivity contribution < 1.29 is 33.7 Å². The summed E-state index contributed by atoms with van der Waals surface area (Å²) in [5.41, 5.74) is 2.20. The zero-order valence-electron chi connectivity index (χ0n) is 20.6. The number of ether oxygens (including phenoxy) is 3. The van der Waals surface area contributed by atoms with Crippen LogP contribution in [0.1, 0.15) is 36.6 Å². The van der Waals surface area contributed by atoms with Crippen molar-refractivity contribution in [2.24, 2.45) is 0 Å². The van der Waals surface area contributed by atoms with Gasteiger partial charge in [-0.15, -0.1) is 0 Å². The molecule has 1 fully saturated rings. The summed E-state index contributed by atoms with van der Waals surface area (Å²) >= 11 is 0. The summed E-state index contributed by atoms with van der Waals surface area (Å²) in [7, 11) is 1.53. The van der Waals surface area contributed by atoms with Crippen LogP contribution in [-0.2, 0) is 20.8 Å². The number of hydrogen-bond acceptors (Lipinski definition) is 7. The zero-order chi connectivity index (χ0) is 26.3. The van der Waals surface area contributed by atoms with Gasteiger partial charge in [0.2, 0.25) is 0 Å². The van der Waals surface area contributed by atoms with Gasteiger partial charge in [0.05, 0.1) is 18.7 Å². The second-order valence-electron chi connectivity index (χ2n) is 8.99. The van der Waals surface area contributed by atoms with Crippen molar-refractivity contribution in [1.82, 2.24) is 0 Å². The monoisotopic (exact) mass is 499 g/mol. The number of benzene rings is 3. The molecule has 37 heavy (non-hydrogen) atoms. The van der Waals surface area contributed by atoms with E-state index in [0.29, 0.717) is 29.0 Å². The molecule has 3 aromatic rings. The minimum atomic E-state index is -0.965.